The van der Waals surface area contributed by atoms with Crippen LogP contribution in [0.25, 0.3) is 0 Å². The largest absolute Gasteiger partial charge is 0.504 e. The van der Waals surface area contributed by atoms with Crippen LogP contribution < -0.4 is 10.1 Å². The van der Waals surface area contributed by atoms with Crippen molar-refractivity contribution in [2.24, 2.45) is 0 Å². The summed E-state index contributed by atoms with van der Waals surface area (Å²) in [5.41, 5.74) is 2.34. The summed E-state index contributed by atoms with van der Waals surface area (Å²) in [5, 5.41) is 13.1. The number of benzene rings is 1. The van der Waals surface area contributed by atoms with E-state index in [1.807, 2.05) is 12.1 Å². The number of methoxy groups -OCH3 is 1. The number of halogens is 2. The average molecular weight is 349 g/mol. The predicted molar refractivity (Wildman–Crippen MR) is 95.8 cm³/mol. The molecule has 4 nitrogen and oxygen atoms in total. The number of phenolic OH excluding ortho intramolecular Hbond substituents is 1. The highest BCUT2D eigenvalue weighted by molar-refractivity contribution is 5.85. The molecule has 1 aliphatic heterocycles. The summed E-state index contributed by atoms with van der Waals surface area (Å²) < 4.78 is 5.22. The molecule has 0 radical (unpaired) electrons. The first-order valence-corrected chi connectivity index (χ1v) is 7.08. The van der Waals surface area contributed by atoms with E-state index in [4.69, 9.17) is 4.74 Å². The number of ether oxygens (including phenoxy) is 1. The van der Waals surface area contributed by atoms with Crippen molar-refractivity contribution >= 4 is 24.8 Å². The second-order valence-electron chi connectivity index (χ2n) is 5.39. The standard InChI is InChI=1S/C16H24N2O2.2ClH/c1-12(2)10-14(18-8-6-17-7-9-18)13-4-5-15(19)16(11-13)20-3;;/h4-5,11,14,17,19H,1,6-10H2,2-3H3;2*1H/t14-;;/m0../s1. The molecule has 0 unspecified atom stereocenters. The Kier molecular flexibility index (Phi) is 9.53. The van der Waals surface area contributed by atoms with Crippen LogP contribution in [-0.2, 0) is 0 Å². The van der Waals surface area contributed by atoms with Crippen LogP contribution in [0.15, 0.2) is 30.4 Å². The van der Waals surface area contributed by atoms with Gasteiger partial charge in [0.1, 0.15) is 0 Å². The quantitative estimate of drug-likeness (QED) is 0.802. The van der Waals surface area contributed by atoms with Crippen molar-refractivity contribution in [1.29, 1.82) is 0 Å². The van der Waals surface area contributed by atoms with Gasteiger partial charge in [0.15, 0.2) is 11.5 Å². The minimum Gasteiger partial charge on any atom is -0.504 e. The molecular weight excluding hydrogens is 323 g/mol. The lowest BCUT2D eigenvalue weighted by Gasteiger charge is -2.35. The third kappa shape index (κ3) is 5.36. The molecule has 6 heteroatoms. The highest BCUT2D eigenvalue weighted by Crippen LogP contribution is 2.33. The van der Waals surface area contributed by atoms with E-state index in [9.17, 15) is 5.11 Å². The van der Waals surface area contributed by atoms with Crippen LogP contribution in [0, 0.1) is 0 Å². The summed E-state index contributed by atoms with van der Waals surface area (Å²) in [5.74, 6) is 0.718. The summed E-state index contributed by atoms with van der Waals surface area (Å²) in [6, 6.07) is 5.92. The molecule has 2 rings (SSSR count). The predicted octanol–water partition coefficient (Wildman–Crippen LogP) is 3.16. The van der Waals surface area contributed by atoms with Gasteiger partial charge in [-0.3, -0.25) is 4.90 Å². The molecule has 0 bridgehead atoms. The maximum atomic E-state index is 9.74. The molecule has 1 saturated heterocycles. The van der Waals surface area contributed by atoms with Gasteiger partial charge in [-0.25, -0.2) is 0 Å². The molecule has 0 aliphatic carbocycles. The van der Waals surface area contributed by atoms with Crippen molar-refractivity contribution in [3.05, 3.63) is 35.9 Å². The molecule has 0 aromatic heterocycles. The third-order valence-corrected chi connectivity index (χ3v) is 3.72. The maximum absolute atomic E-state index is 9.74. The highest BCUT2D eigenvalue weighted by atomic mass is 35.5. The minimum atomic E-state index is 0. The van der Waals surface area contributed by atoms with E-state index in [0.717, 1.165) is 32.6 Å². The lowest BCUT2D eigenvalue weighted by atomic mass is 9.97. The Morgan fingerprint density at radius 2 is 2.00 bits per heavy atom. The van der Waals surface area contributed by atoms with Gasteiger partial charge >= 0.3 is 0 Å². The number of hydrogen-bond donors (Lipinski definition) is 2. The summed E-state index contributed by atoms with van der Waals surface area (Å²) in [6.45, 7) is 10.2. The van der Waals surface area contributed by atoms with Gasteiger partial charge in [0, 0.05) is 32.2 Å². The Hall–Kier alpha value is -0.940. The number of nitrogens with one attached hydrogen (secondary N) is 1. The van der Waals surface area contributed by atoms with Gasteiger partial charge in [-0.2, -0.15) is 0 Å². The molecule has 1 atom stereocenters. The fourth-order valence-corrected chi connectivity index (χ4v) is 2.68. The molecule has 1 aromatic carbocycles. The summed E-state index contributed by atoms with van der Waals surface area (Å²) in [4.78, 5) is 2.47. The molecule has 22 heavy (non-hydrogen) atoms. The van der Waals surface area contributed by atoms with Crippen LogP contribution in [0.1, 0.15) is 24.9 Å². The first-order chi connectivity index (χ1) is 9.61. The average Bonchev–Trinajstić information content (AvgIpc) is 2.46. The normalized spacial score (nSPS) is 16.1. The van der Waals surface area contributed by atoms with Crippen LogP contribution in [0.2, 0.25) is 0 Å². The van der Waals surface area contributed by atoms with Gasteiger partial charge in [0.2, 0.25) is 0 Å². The van der Waals surface area contributed by atoms with Crippen molar-refractivity contribution in [2.75, 3.05) is 33.3 Å². The number of rotatable bonds is 5. The maximum Gasteiger partial charge on any atom is 0.160 e. The van der Waals surface area contributed by atoms with Crippen molar-refractivity contribution in [1.82, 2.24) is 10.2 Å². The fourth-order valence-electron chi connectivity index (χ4n) is 2.68. The van der Waals surface area contributed by atoms with Crippen LogP contribution in [0.4, 0.5) is 0 Å². The van der Waals surface area contributed by atoms with E-state index in [2.05, 4.69) is 23.7 Å². The van der Waals surface area contributed by atoms with Gasteiger partial charge in [-0.1, -0.05) is 11.6 Å². The molecule has 0 saturated carbocycles. The molecule has 126 valence electrons. The van der Waals surface area contributed by atoms with Gasteiger partial charge in [-0.05, 0) is 31.0 Å². The Balaban J connectivity index is 0.00000220. The van der Waals surface area contributed by atoms with E-state index < -0.39 is 0 Å². The van der Waals surface area contributed by atoms with E-state index >= 15 is 0 Å². The fraction of sp³-hybridized carbons (Fsp3) is 0.500. The number of nitrogens with zero attached hydrogens (tertiary/aromatic N) is 1. The number of aromatic hydroxyl groups is 1. The number of piperazine rings is 1. The molecule has 1 heterocycles. The Bertz CT molecular complexity index is 477. The monoisotopic (exact) mass is 348 g/mol. The molecule has 1 fully saturated rings. The summed E-state index contributed by atoms with van der Waals surface area (Å²) >= 11 is 0. The van der Waals surface area contributed by atoms with Gasteiger partial charge in [0.25, 0.3) is 0 Å². The molecule has 2 N–H and O–H groups in total. The zero-order valence-electron chi connectivity index (χ0n) is 13.2. The van der Waals surface area contributed by atoms with E-state index in [0.29, 0.717) is 11.8 Å². The second-order valence-corrected chi connectivity index (χ2v) is 5.39. The Morgan fingerprint density at radius 3 is 2.55 bits per heavy atom. The minimum absolute atomic E-state index is 0. The molecule has 0 amide bonds. The molecule has 0 spiro atoms. The van der Waals surface area contributed by atoms with Crippen LogP contribution in [0.3, 0.4) is 0 Å². The van der Waals surface area contributed by atoms with E-state index in [-0.39, 0.29) is 30.6 Å². The van der Waals surface area contributed by atoms with Gasteiger partial charge in [-0.15, -0.1) is 31.4 Å². The first-order valence-electron chi connectivity index (χ1n) is 7.08. The number of hydrogen-bond acceptors (Lipinski definition) is 4. The summed E-state index contributed by atoms with van der Waals surface area (Å²) in [6.07, 6.45) is 0.925. The lowest BCUT2D eigenvalue weighted by molar-refractivity contribution is 0.172. The topological polar surface area (TPSA) is 44.7 Å². The van der Waals surface area contributed by atoms with Crippen LogP contribution in [0.5, 0.6) is 11.5 Å². The Morgan fingerprint density at radius 1 is 1.36 bits per heavy atom. The van der Waals surface area contributed by atoms with Gasteiger partial charge < -0.3 is 15.2 Å². The third-order valence-electron chi connectivity index (χ3n) is 3.72. The van der Waals surface area contributed by atoms with Crippen LogP contribution >= 0.6 is 24.8 Å². The lowest BCUT2D eigenvalue weighted by Crippen LogP contribution is -2.45. The van der Waals surface area contributed by atoms with E-state index in [1.165, 1.54) is 11.1 Å². The molecule has 1 aliphatic rings. The van der Waals surface area contributed by atoms with Crippen molar-refractivity contribution < 1.29 is 9.84 Å². The Labute approximate surface area is 145 Å². The SMILES string of the molecule is C=C(C)C[C@@H](c1ccc(O)c(OC)c1)N1CCNCC1.Cl.Cl. The van der Waals surface area contributed by atoms with Crippen molar-refractivity contribution in [3.63, 3.8) is 0 Å². The van der Waals surface area contributed by atoms with Crippen molar-refractivity contribution in [2.45, 2.75) is 19.4 Å². The van der Waals surface area contributed by atoms with Crippen LogP contribution in [-0.4, -0.2) is 43.3 Å². The zero-order chi connectivity index (χ0) is 14.5. The highest BCUT2D eigenvalue weighted by Gasteiger charge is 2.23. The molecular formula is C16H26Cl2N2O2. The zero-order valence-corrected chi connectivity index (χ0v) is 14.8. The van der Waals surface area contributed by atoms with Crippen molar-refractivity contribution in [3.8, 4) is 11.5 Å². The summed E-state index contributed by atoms with van der Waals surface area (Å²) in [7, 11) is 1.58. The first kappa shape index (κ1) is 21.1. The molecule has 1 aromatic rings. The number of phenols is 1. The second kappa shape index (κ2) is 9.95. The van der Waals surface area contributed by atoms with Gasteiger partial charge in [0.05, 0.1) is 7.11 Å². The van der Waals surface area contributed by atoms with E-state index in [1.54, 1.807) is 13.2 Å². The smallest absolute Gasteiger partial charge is 0.160 e.